The Hall–Kier alpha value is -1.74. The molecule has 2 aromatic rings. The van der Waals surface area contributed by atoms with Crippen LogP contribution in [0.4, 0.5) is 18.9 Å². The molecule has 152 valence electrons. The molecule has 2 N–H and O–H groups in total. The smallest absolute Gasteiger partial charge is 0.325 e. The minimum absolute atomic E-state index is 0.0334. The Kier molecular flexibility index (Phi) is 6.54. The number of carbonyl (C=O) groups is 1. The molecule has 0 aliphatic heterocycles. The highest BCUT2D eigenvalue weighted by atomic mass is 35.5. The standard InChI is InChI=1S/C18H20ClF3N4OS/c1-10(28-17-24-15(25-26-17)8-11-4-2-3-5-11)16(27)23-12-6-7-14(19)13(9-12)18(20,21)22/h6-7,9-11H,2-5,8H2,1H3,(H,23,27)(H,24,25,26)/t10-/m0/s1. The predicted molar refractivity (Wildman–Crippen MR) is 102 cm³/mol. The van der Waals surface area contributed by atoms with E-state index in [1.807, 2.05) is 0 Å². The number of nitrogens with one attached hydrogen (secondary N) is 2. The second kappa shape index (κ2) is 8.73. The average Bonchev–Trinajstić information content (AvgIpc) is 3.28. The van der Waals surface area contributed by atoms with Crippen molar-refractivity contribution < 1.29 is 18.0 Å². The summed E-state index contributed by atoms with van der Waals surface area (Å²) in [6.07, 6.45) is 1.15. The van der Waals surface area contributed by atoms with Gasteiger partial charge in [0.25, 0.3) is 0 Å². The van der Waals surface area contributed by atoms with Gasteiger partial charge in [0.1, 0.15) is 5.82 Å². The van der Waals surface area contributed by atoms with Crippen LogP contribution in [0.15, 0.2) is 23.4 Å². The zero-order valence-electron chi connectivity index (χ0n) is 15.1. The normalized spacial score (nSPS) is 16.3. The van der Waals surface area contributed by atoms with E-state index in [1.165, 1.54) is 31.7 Å². The van der Waals surface area contributed by atoms with Gasteiger partial charge in [0, 0.05) is 12.1 Å². The first kappa shape index (κ1) is 21.0. The molecular formula is C18H20ClF3N4OS. The minimum Gasteiger partial charge on any atom is -0.325 e. The molecule has 1 aliphatic carbocycles. The second-order valence-electron chi connectivity index (χ2n) is 6.86. The van der Waals surface area contributed by atoms with Crippen molar-refractivity contribution in [2.75, 3.05) is 5.32 Å². The molecule has 0 bridgehead atoms. The van der Waals surface area contributed by atoms with Crippen LogP contribution in [0, 0.1) is 5.92 Å². The van der Waals surface area contributed by atoms with Crippen molar-refractivity contribution in [1.82, 2.24) is 15.2 Å². The summed E-state index contributed by atoms with van der Waals surface area (Å²) in [5, 5.41) is 8.96. The Labute approximate surface area is 169 Å². The topological polar surface area (TPSA) is 70.7 Å². The molecule has 1 amide bonds. The molecule has 0 spiro atoms. The third-order valence-electron chi connectivity index (χ3n) is 4.66. The molecule has 1 heterocycles. The van der Waals surface area contributed by atoms with Crippen LogP contribution in [0.3, 0.4) is 0 Å². The van der Waals surface area contributed by atoms with E-state index in [0.717, 1.165) is 36.1 Å². The maximum absolute atomic E-state index is 12.9. The first-order chi connectivity index (χ1) is 13.2. The molecule has 0 unspecified atom stereocenters. The number of aromatic nitrogens is 3. The third kappa shape index (κ3) is 5.41. The Bertz CT molecular complexity index is 836. The molecule has 10 heteroatoms. The van der Waals surface area contributed by atoms with Gasteiger partial charge in [-0.3, -0.25) is 9.89 Å². The highest BCUT2D eigenvalue weighted by Gasteiger charge is 2.33. The van der Waals surface area contributed by atoms with E-state index in [0.29, 0.717) is 11.1 Å². The SMILES string of the molecule is C[C@H](Sc1n[nH]c(CC2CCCC2)n1)C(=O)Nc1ccc(Cl)c(C(F)(F)F)c1. The van der Waals surface area contributed by atoms with Crippen LogP contribution in [-0.2, 0) is 17.4 Å². The van der Waals surface area contributed by atoms with E-state index in [4.69, 9.17) is 11.6 Å². The van der Waals surface area contributed by atoms with Gasteiger partial charge in [0.2, 0.25) is 11.1 Å². The number of carbonyl (C=O) groups excluding carboxylic acids is 1. The number of anilines is 1. The first-order valence-electron chi connectivity index (χ1n) is 8.98. The molecule has 1 saturated carbocycles. The monoisotopic (exact) mass is 432 g/mol. The van der Waals surface area contributed by atoms with Crippen LogP contribution in [0.5, 0.6) is 0 Å². The molecule has 1 aromatic heterocycles. The highest BCUT2D eigenvalue weighted by Crippen LogP contribution is 2.36. The Balaban J connectivity index is 1.58. The Morgan fingerprint density at radius 1 is 1.39 bits per heavy atom. The number of hydrogen-bond donors (Lipinski definition) is 2. The van der Waals surface area contributed by atoms with Crippen molar-refractivity contribution in [2.45, 2.75) is 55.6 Å². The number of amides is 1. The van der Waals surface area contributed by atoms with Gasteiger partial charge in [-0.1, -0.05) is 49.0 Å². The van der Waals surface area contributed by atoms with Crippen LogP contribution in [-0.4, -0.2) is 26.3 Å². The van der Waals surface area contributed by atoms with E-state index in [-0.39, 0.29) is 5.69 Å². The fraction of sp³-hybridized carbons (Fsp3) is 0.500. The molecular weight excluding hydrogens is 413 g/mol. The molecule has 1 aliphatic rings. The first-order valence-corrected chi connectivity index (χ1v) is 10.2. The fourth-order valence-electron chi connectivity index (χ4n) is 3.19. The van der Waals surface area contributed by atoms with Gasteiger partial charge in [-0.2, -0.15) is 13.2 Å². The van der Waals surface area contributed by atoms with Crippen LogP contribution in [0.1, 0.15) is 44.0 Å². The van der Waals surface area contributed by atoms with Crippen molar-refractivity contribution in [1.29, 1.82) is 0 Å². The lowest BCUT2D eigenvalue weighted by atomic mass is 10.0. The third-order valence-corrected chi connectivity index (χ3v) is 5.95. The summed E-state index contributed by atoms with van der Waals surface area (Å²) >= 11 is 6.74. The molecule has 5 nitrogen and oxygen atoms in total. The number of H-pyrrole nitrogens is 1. The summed E-state index contributed by atoms with van der Waals surface area (Å²) in [6.45, 7) is 1.65. The molecule has 0 saturated heterocycles. The molecule has 1 aromatic carbocycles. The molecule has 28 heavy (non-hydrogen) atoms. The van der Waals surface area contributed by atoms with Gasteiger partial charge in [-0.25, -0.2) is 4.98 Å². The molecule has 1 fully saturated rings. The van der Waals surface area contributed by atoms with E-state index >= 15 is 0 Å². The summed E-state index contributed by atoms with van der Waals surface area (Å²) in [6, 6.07) is 3.27. The zero-order valence-corrected chi connectivity index (χ0v) is 16.7. The lowest BCUT2D eigenvalue weighted by Crippen LogP contribution is -2.22. The maximum Gasteiger partial charge on any atom is 0.417 e. The number of halogens is 4. The average molecular weight is 433 g/mol. The van der Waals surface area contributed by atoms with Crippen LogP contribution in [0.2, 0.25) is 5.02 Å². The van der Waals surface area contributed by atoms with Gasteiger partial charge >= 0.3 is 6.18 Å². The van der Waals surface area contributed by atoms with E-state index in [9.17, 15) is 18.0 Å². The number of hydrogen-bond acceptors (Lipinski definition) is 4. The number of nitrogens with zero attached hydrogens (tertiary/aromatic N) is 2. The number of rotatable bonds is 6. The van der Waals surface area contributed by atoms with E-state index < -0.39 is 27.9 Å². The van der Waals surface area contributed by atoms with Crippen molar-refractivity contribution in [3.05, 3.63) is 34.6 Å². The van der Waals surface area contributed by atoms with Crippen LogP contribution < -0.4 is 5.32 Å². The van der Waals surface area contributed by atoms with Crippen molar-refractivity contribution in [3.63, 3.8) is 0 Å². The minimum atomic E-state index is -4.59. The molecule has 3 rings (SSSR count). The van der Waals surface area contributed by atoms with E-state index in [2.05, 4.69) is 20.5 Å². The summed E-state index contributed by atoms with van der Waals surface area (Å²) in [4.78, 5) is 16.7. The van der Waals surface area contributed by atoms with Gasteiger partial charge in [-0.15, -0.1) is 5.10 Å². The lowest BCUT2D eigenvalue weighted by molar-refractivity contribution is -0.137. The largest absolute Gasteiger partial charge is 0.417 e. The van der Waals surface area contributed by atoms with E-state index in [1.54, 1.807) is 6.92 Å². The summed E-state index contributed by atoms with van der Waals surface area (Å²) < 4.78 is 38.8. The molecule has 0 radical (unpaired) electrons. The summed E-state index contributed by atoms with van der Waals surface area (Å²) in [5.41, 5.74) is -0.955. The number of aromatic amines is 1. The number of benzene rings is 1. The van der Waals surface area contributed by atoms with Gasteiger partial charge in [0.05, 0.1) is 15.8 Å². The number of thioether (sulfide) groups is 1. The van der Waals surface area contributed by atoms with Gasteiger partial charge < -0.3 is 5.32 Å². The highest BCUT2D eigenvalue weighted by molar-refractivity contribution is 8.00. The van der Waals surface area contributed by atoms with Gasteiger partial charge in [-0.05, 0) is 31.0 Å². The Morgan fingerprint density at radius 3 is 2.79 bits per heavy atom. The quantitative estimate of drug-likeness (QED) is 0.605. The number of alkyl halides is 3. The summed E-state index contributed by atoms with van der Waals surface area (Å²) in [5.74, 6) is 0.983. The summed E-state index contributed by atoms with van der Waals surface area (Å²) in [7, 11) is 0. The second-order valence-corrected chi connectivity index (χ2v) is 8.58. The Morgan fingerprint density at radius 2 is 2.11 bits per heavy atom. The molecule has 1 atom stereocenters. The van der Waals surface area contributed by atoms with Crippen LogP contribution >= 0.6 is 23.4 Å². The predicted octanol–water partition coefficient (Wildman–Crippen LogP) is 5.33. The van der Waals surface area contributed by atoms with Crippen molar-refractivity contribution >= 4 is 35.0 Å². The van der Waals surface area contributed by atoms with Crippen molar-refractivity contribution in [2.24, 2.45) is 5.92 Å². The van der Waals surface area contributed by atoms with Gasteiger partial charge in [0.15, 0.2) is 0 Å². The van der Waals surface area contributed by atoms with Crippen LogP contribution in [0.25, 0.3) is 0 Å². The van der Waals surface area contributed by atoms with Crippen molar-refractivity contribution in [3.8, 4) is 0 Å². The fourth-order valence-corrected chi connectivity index (χ4v) is 4.15. The zero-order chi connectivity index (χ0) is 20.3. The lowest BCUT2D eigenvalue weighted by Gasteiger charge is -2.13. The maximum atomic E-state index is 12.9.